The third-order valence-electron chi connectivity index (χ3n) is 2.24. The second-order valence-corrected chi connectivity index (χ2v) is 4.23. The molecule has 16 heavy (non-hydrogen) atoms. The van der Waals surface area contributed by atoms with Gasteiger partial charge in [0.05, 0.1) is 6.04 Å². The van der Waals surface area contributed by atoms with E-state index in [1.54, 1.807) is 0 Å². The third-order valence-corrected chi connectivity index (χ3v) is 2.24. The average Bonchev–Trinajstić information content (AvgIpc) is 2.14. The molecule has 0 bridgehead atoms. The van der Waals surface area contributed by atoms with Gasteiger partial charge in [-0.25, -0.2) is 9.97 Å². The number of hydrogen-bond acceptors (Lipinski definition) is 4. The van der Waals surface area contributed by atoms with Crippen molar-refractivity contribution in [3.63, 3.8) is 0 Å². The van der Waals surface area contributed by atoms with Crippen LogP contribution >= 0.6 is 0 Å². The van der Waals surface area contributed by atoms with Crippen molar-refractivity contribution < 1.29 is 4.79 Å². The van der Waals surface area contributed by atoms with E-state index in [2.05, 4.69) is 15.3 Å². The molecule has 0 fully saturated rings. The van der Waals surface area contributed by atoms with E-state index in [4.69, 9.17) is 5.73 Å². The predicted molar refractivity (Wildman–Crippen MR) is 62.9 cm³/mol. The van der Waals surface area contributed by atoms with Crippen LogP contribution in [0.2, 0.25) is 0 Å². The Labute approximate surface area is 95.5 Å². The fourth-order valence-electron chi connectivity index (χ4n) is 1.28. The highest BCUT2D eigenvalue weighted by Crippen LogP contribution is 2.06. The van der Waals surface area contributed by atoms with Crippen LogP contribution in [0.1, 0.15) is 25.2 Å². The molecule has 5 heteroatoms. The maximum Gasteiger partial charge on any atom is 0.243 e. The molecule has 1 aromatic rings. The van der Waals surface area contributed by atoms with Crippen LogP contribution < -0.4 is 11.1 Å². The molecule has 1 amide bonds. The lowest BCUT2D eigenvalue weighted by atomic mass is 10.1. The largest absolute Gasteiger partial charge is 0.320 e. The minimum atomic E-state index is -0.538. The van der Waals surface area contributed by atoms with Gasteiger partial charge in [0.2, 0.25) is 11.9 Å². The Morgan fingerprint density at radius 1 is 1.31 bits per heavy atom. The molecular weight excluding hydrogens is 204 g/mol. The van der Waals surface area contributed by atoms with E-state index in [9.17, 15) is 4.79 Å². The zero-order chi connectivity index (χ0) is 12.3. The van der Waals surface area contributed by atoms with Crippen LogP contribution in [0.4, 0.5) is 5.95 Å². The van der Waals surface area contributed by atoms with Crippen molar-refractivity contribution in [1.29, 1.82) is 0 Å². The topological polar surface area (TPSA) is 80.9 Å². The summed E-state index contributed by atoms with van der Waals surface area (Å²) in [5.74, 6) is 0.157. The van der Waals surface area contributed by atoms with Crippen molar-refractivity contribution in [2.24, 2.45) is 11.7 Å². The summed E-state index contributed by atoms with van der Waals surface area (Å²) < 4.78 is 0. The first-order valence-corrected chi connectivity index (χ1v) is 5.29. The first kappa shape index (κ1) is 12.6. The molecule has 0 aliphatic carbocycles. The number of aryl methyl sites for hydroxylation is 2. The summed E-state index contributed by atoms with van der Waals surface area (Å²) in [6, 6.07) is 1.31. The highest BCUT2D eigenvalue weighted by molar-refractivity contribution is 5.93. The molecule has 1 rings (SSSR count). The minimum Gasteiger partial charge on any atom is -0.320 e. The quantitative estimate of drug-likeness (QED) is 0.800. The van der Waals surface area contributed by atoms with Crippen molar-refractivity contribution in [2.45, 2.75) is 33.7 Å². The molecule has 0 saturated carbocycles. The number of hydrogen-bond donors (Lipinski definition) is 2. The van der Waals surface area contributed by atoms with Gasteiger partial charge in [0.1, 0.15) is 0 Å². The van der Waals surface area contributed by atoms with Crippen LogP contribution in [0.3, 0.4) is 0 Å². The van der Waals surface area contributed by atoms with Crippen LogP contribution in [0.15, 0.2) is 6.07 Å². The van der Waals surface area contributed by atoms with Crippen molar-refractivity contribution in [3.8, 4) is 0 Å². The molecule has 1 heterocycles. The summed E-state index contributed by atoms with van der Waals surface area (Å²) in [5.41, 5.74) is 7.36. The standard InChI is InChI=1S/C11H18N4O/c1-6(2)9(12)10(16)15-11-13-7(3)5-8(4)14-11/h5-6,9H,12H2,1-4H3,(H,13,14,15,16)/t9-/m1/s1. The number of nitrogens with one attached hydrogen (secondary N) is 1. The summed E-state index contributed by atoms with van der Waals surface area (Å²) in [4.78, 5) is 19.9. The number of nitrogens with zero attached hydrogens (tertiary/aromatic N) is 2. The maximum atomic E-state index is 11.7. The van der Waals surface area contributed by atoms with Crippen molar-refractivity contribution >= 4 is 11.9 Å². The molecule has 3 N–H and O–H groups in total. The molecule has 0 aromatic carbocycles. The van der Waals surface area contributed by atoms with E-state index in [0.29, 0.717) is 5.95 Å². The SMILES string of the molecule is Cc1cc(C)nc(NC(=O)[C@H](N)C(C)C)n1. The zero-order valence-corrected chi connectivity index (χ0v) is 10.1. The van der Waals surface area contributed by atoms with Crippen LogP contribution in [-0.4, -0.2) is 21.9 Å². The lowest BCUT2D eigenvalue weighted by molar-refractivity contribution is -0.118. The number of rotatable bonds is 3. The Morgan fingerprint density at radius 2 is 1.81 bits per heavy atom. The van der Waals surface area contributed by atoms with E-state index in [1.807, 2.05) is 33.8 Å². The van der Waals surface area contributed by atoms with Gasteiger partial charge in [0, 0.05) is 11.4 Å². The predicted octanol–water partition coefficient (Wildman–Crippen LogP) is 1.02. The smallest absolute Gasteiger partial charge is 0.243 e. The first-order valence-electron chi connectivity index (χ1n) is 5.29. The Kier molecular flexibility index (Phi) is 3.95. The van der Waals surface area contributed by atoms with Crippen LogP contribution in [-0.2, 0) is 4.79 Å². The molecule has 88 valence electrons. The Bertz CT molecular complexity index is 369. The second-order valence-electron chi connectivity index (χ2n) is 4.23. The molecule has 0 aliphatic heterocycles. The van der Waals surface area contributed by atoms with Gasteiger partial charge in [0.15, 0.2) is 0 Å². The molecular formula is C11H18N4O. The number of carbonyl (C=O) groups excluding carboxylic acids is 1. The monoisotopic (exact) mass is 222 g/mol. The molecule has 0 aliphatic rings. The molecule has 0 saturated heterocycles. The van der Waals surface area contributed by atoms with E-state index in [1.165, 1.54) is 0 Å². The second kappa shape index (κ2) is 5.03. The van der Waals surface area contributed by atoms with Gasteiger partial charge < -0.3 is 5.73 Å². The van der Waals surface area contributed by atoms with Gasteiger partial charge in [-0.05, 0) is 25.8 Å². The lowest BCUT2D eigenvalue weighted by Crippen LogP contribution is -2.40. The molecule has 0 unspecified atom stereocenters. The zero-order valence-electron chi connectivity index (χ0n) is 10.1. The number of amides is 1. The van der Waals surface area contributed by atoms with Crippen molar-refractivity contribution in [2.75, 3.05) is 5.32 Å². The maximum absolute atomic E-state index is 11.7. The summed E-state index contributed by atoms with van der Waals surface area (Å²) >= 11 is 0. The van der Waals surface area contributed by atoms with E-state index < -0.39 is 6.04 Å². The number of aromatic nitrogens is 2. The van der Waals surface area contributed by atoms with Gasteiger partial charge >= 0.3 is 0 Å². The van der Waals surface area contributed by atoms with Gasteiger partial charge in [-0.15, -0.1) is 0 Å². The Balaban J connectivity index is 2.77. The summed E-state index contributed by atoms with van der Waals surface area (Å²) in [6.07, 6.45) is 0. The highest BCUT2D eigenvalue weighted by Gasteiger charge is 2.18. The minimum absolute atomic E-state index is 0.0888. The molecule has 5 nitrogen and oxygen atoms in total. The van der Waals surface area contributed by atoms with Gasteiger partial charge in [-0.1, -0.05) is 13.8 Å². The van der Waals surface area contributed by atoms with Crippen LogP contribution in [0.5, 0.6) is 0 Å². The highest BCUT2D eigenvalue weighted by atomic mass is 16.2. The van der Waals surface area contributed by atoms with E-state index in [0.717, 1.165) is 11.4 Å². The van der Waals surface area contributed by atoms with Gasteiger partial charge in [-0.2, -0.15) is 0 Å². The average molecular weight is 222 g/mol. The number of carbonyl (C=O) groups is 1. The normalized spacial score (nSPS) is 12.6. The Hall–Kier alpha value is -1.49. The summed E-state index contributed by atoms with van der Waals surface area (Å²) in [6.45, 7) is 7.50. The lowest BCUT2D eigenvalue weighted by Gasteiger charge is -2.14. The number of anilines is 1. The molecule has 0 spiro atoms. The molecule has 1 atom stereocenters. The van der Waals surface area contributed by atoms with Crippen LogP contribution in [0.25, 0.3) is 0 Å². The molecule has 1 aromatic heterocycles. The van der Waals surface area contributed by atoms with E-state index >= 15 is 0 Å². The van der Waals surface area contributed by atoms with Crippen molar-refractivity contribution in [3.05, 3.63) is 17.5 Å². The van der Waals surface area contributed by atoms with Gasteiger partial charge in [-0.3, -0.25) is 10.1 Å². The first-order chi connectivity index (χ1) is 7.40. The van der Waals surface area contributed by atoms with Crippen molar-refractivity contribution in [1.82, 2.24) is 9.97 Å². The van der Waals surface area contributed by atoms with E-state index in [-0.39, 0.29) is 11.8 Å². The van der Waals surface area contributed by atoms with Crippen LogP contribution in [0, 0.1) is 19.8 Å². The summed E-state index contributed by atoms with van der Waals surface area (Å²) in [5, 5.41) is 2.62. The van der Waals surface area contributed by atoms with Gasteiger partial charge in [0.25, 0.3) is 0 Å². The third kappa shape index (κ3) is 3.27. The number of nitrogens with two attached hydrogens (primary N) is 1. The molecule has 0 radical (unpaired) electrons. The summed E-state index contributed by atoms with van der Waals surface area (Å²) in [7, 11) is 0. The Morgan fingerprint density at radius 3 is 2.25 bits per heavy atom. The fraction of sp³-hybridized carbons (Fsp3) is 0.545. The fourth-order valence-corrected chi connectivity index (χ4v) is 1.28.